The molecule has 0 atom stereocenters. The molecule has 0 unspecified atom stereocenters. The van der Waals surface area contributed by atoms with Gasteiger partial charge in [-0.15, -0.1) is 5.10 Å². The van der Waals surface area contributed by atoms with E-state index in [-0.39, 0.29) is 88.5 Å². The summed E-state index contributed by atoms with van der Waals surface area (Å²) in [6.45, 7) is 4.19. The van der Waals surface area contributed by atoms with Crippen LogP contribution in [0.4, 0.5) is 5.69 Å². The number of aryl methyl sites for hydroxylation is 2. The molecule has 0 radical (unpaired) electrons. The van der Waals surface area contributed by atoms with Gasteiger partial charge >= 0.3 is 0 Å². The number of anilines is 1. The highest BCUT2D eigenvalue weighted by Gasteiger charge is 2.29. The fraction of sp³-hybridized carbons (Fsp3) is 0.373. The van der Waals surface area contributed by atoms with Crippen molar-refractivity contribution in [3.05, 3.63) is 120 Å². The molecular formula is C59H66N10O7. The third-order valence-electron chi connectivity index (χ3n) is 13.9. The summed E-state index contributed by atoms with van der Waals surface area (Å²) in [5.74, 6) is -0.706. The van der Waals surface area contributed by atoms with Crippen molar-refractivity contribution in [2.45, 2.75) is 97.1 Å². The zero-order valence-electron chi connectivity index (χ0n) is 43.5. The Morgan fingerprint density at radius 1 is 0.724 bits per heavy atom. The Morgan fingerprint density at radius 3 is 2.17 bits per heavy atom. The van der Waals surface area contributed by atoms with E-state index in [2.05, 4.69) is 57.0 Å². The van der Waals surface area contributed by atoms with Crippen LogP contribution in [0.1, 0.15) is 88.7 Å². The lowest BCUT2D eigenvalue weighted by Gasteiger charge is -2.28. The molecule has 4 amide bonds. The minimum absolute atomic E-state index is 0.0409. The maximum atomic E-state index is 14.0. The molecule has 0 fully saturated rings. The maximum absolute atomic E-state index is 14.0. The Morgan fingerprint density at radius 2 is 1.41 bits per heavy atom. The topological polar surface area (TPSA) is 213 Å². The number of hydrogen-bond donors (Lipinski definition) is 2. The number of aromatic nitrogens is 4. The molecular weight excluding hydrogens is 961 g/mol. The lowest BCUT2D eigenvalue weighted by atomic mass is 9.95. The minimum Gasteiger partial charge on any atom is -0.381 e. The standard InChI is InChI=1S/C59H66N10O7/c1-41(15-11-27-53(60)66(2)34-13-23-46-47-20-5-8-24-50(47)63-51-25-9-6-21-48(46)51)62-39-44(71)17-12-35-69-59-45-19-4-3-16-42(45)40-68(52-26-10-7-22-49(52)58(59)64-65-69)57(75)30-33-61-54(72)32-38-76-37-14-18-43(70)31-36-67-55(73)28-29-56(67)74/h3-10,16,19-22,24-26,28-29,60H,11-15,17-18,23,27,30-40H2,1-2H3,(H,61,72). The summed E-state index contributed by atoms with van der Waals surface area (Å²) in [6.07, 6.45) is 8.12. The van der Waals surface area contributed by atoms with Crippen LogP contribution < -0.4 is 10.2 Å². The molecule has 76 heavy (non-hydrogen) atoms. The summed E-state index contributed by atoms with van der Waals surface area (Å²) in [5.41, 5.74) is 8.87. The molecule has 17 nitrogen and oxygen atoms in total. The Kier molecular flexibility index (Phi) is 18.9. The lowest BCUT2D eigenvalue weighted by Crippen LogP contribution is -2.35. The SMILES string of the molecule is CC(CCCC(=N)N(C)CCCc1c2ccccc2nc2ccccc12)=NCC(=O)CCCn1nnc2c1-c1ccccc1CN(C(=O)CCNC(=O)CCOCCCC(=O)CCN1C(=O)C=CC1=O)c1ccccc1-2. The molecule has 4 heterocycles. The van der Waals surface area contributed by atoms with E-state index in [0.717, 1.165) is 69.8 Å². The fourth-order valence-electron chi connectivity index (χ4n) is 9.71. The van der Waals surface area contributed by atoms with Crippen molar-refractivity contribution >= 4 is 74.2 Å². The number of Topliss-reactive ketones (excluding diaryl/α,β-unsaturated/α-hetero) is 2. The van der Waals surface area contributed by atoms with Crippen molar-refractivity contribution < 1.29 is 33.5 Å². The largest absolute Gasteiger partial charge is 0.381 e. The van der Waals surface area contributed by atoms with Crippen molar-refractivity contribution in [1.82, 2.24) is 35.1 Å². The van der Waals surface area contributed by atoms with Gasteiger partial charge in [0.05, 0.1) is 47.9 Å². The molecule has 8 rings (SSSR count). The number of ketones is 2. The number of pyridine rings is 1. The van der Waals surface area contributed by atoms with Crippen LogP contribution in [0, 0.1) is 5.41 Å². The first-order valence-corrected chi connectivity index (χ1v) is 26.3. The summed E-state index contributed by atoms with van der Waals surface area (Å²) in [4.78, 5) is 89.6. The summed E-state index contributed by atoms with van der Waals surface area (Å²) < 4.78 is 7.41. The Hall–Kier alpha value is -8.05. The van der Waals surface area contributed by atoms with Crippen LogP contribution in [0.3, 0.4) is 0 Å². The molecule has 0 saturated heterocycles. The van der Waals surface area contributed by atoms with Gasteiger partial charge in [-0.1, -0.05) is 84.1 Å². The molecule has 2 aromatic heterocycles. The molecule has 4 aromatic carbocycles. The molecule has 2 aliphatic rings. The first-order valence-electron chi connectivity index (χ1n) is 26.3. The summed E-state index contributed by atoms with van der Waals surface area (Å²) in [7, 11) is 1.99. The normalized spacial score (nSPS) is 13.1. The van der Waals surface area contributed by atoms with Crippen molar-refractivity contribution in [1.29, 1.82) is 5.41 Å². The van der Waals surface area contributed by atoms with Gasteiger partial charge in [-0.25, -0.2) is 9.67 Å². The third-order valence-corrected chi connectivity index (χ3v) is 13.9. The number of fused-ring (bicyclic) bond motifs is 7. The smallest absolute Gasteiger partial charge is 0.253 e. The highest BCUT2D eigenvalue weighted by atomic mass is 16.5. The first kappa shape index (κ1) is 54.2. The monoisotopic (exact) mass is 1030 g/mol. The van der Waals surface area contributed by atoms with Gasteiger partial charge in [0.1, 0.15) is 11.5 Å². The van der Waals surface area contributed by atoms with Gasteiger partial charge in [0.25, 0.3) is 11.8 Å². The number of imide groups is 1. The van der Waals surface area contributed by atoms with Crippen molar-refractivity contribution in [3.8, 4) is 22.5 Å². The van der Waals surface area contributed by atoms with Crippen LogP contribution in [0.2, 0.25) is 0 Å². The Balaban J connectivity index is 0.757. The van der Waals surface area contributed by atoms with E-state index in [1.807, 2.05) is 84.2 Å². The Bertz CT molecular complexity index is 3110. The van der Waals surface area contributed by atoms with Gasteiger partial charge in [-0.05, 0) is 74.8 Å². The Labute approximate surface area is 442 Å². The highest BCUT2D eigenvalue weighted by molar-refractivity contribution is 6.13. The molecule has 394 valence electrons. The zero-order chi connectivity index (χ0) is 53.4. The molecule has 2 N–H and O–H groups in total. The molecule has 0 saturated carbocycles. The van der Waals surface area contributed by atoms with Gasteiger partial charge in [0, 0.05) is 118 Å². The van der Waals surface area contributed by atoms with Crippen molar-refractivity contribution in [2.75, 3.05) is 51.3 Å². The van der Waals surface area contributed by atoms with Crippen LogP contribution in [0.25, 0.3) is 44.3 Å². The van der Waals surface area contributed by atoms with Crippen LogP contribution >= 0.6 is 0 Å². The van der Waals surface area contributed by atoms with Gasteiger partial charge < -0.3 is 19.9 Å². The predicted octanol–water partition coefficient (Wildman–Crippen LogP) is 8.26. The average Bonchev–Trinajstić information content (AvgIpc) is 3.99. The van der Waals surface area contributed by atoms with E-state index in [0.29, 0.717) is 55.9 Å². The second kappa shape index (κ2) is 26.4. The third kappa shape index (κ3) is 14.0. The number of carbonyl (C=O) groups is 6. The number of carbonyl (C=O) groups excluding carboxylic acids is 6. The molecule has 0 spiro atoms. The lowest BCUT2D eigenvalue weighted by molar-refractivity contribution is -0.137. The number of amidine groups is 1. The van der Waals surface area contributed by atoms with E-state index in [1.165, 1.54) is 28.5 Å². The van der Waals surface area contributed by atoms with Crippen LogP contribution in [-0.4, -0.2) is 123 Å². The predicted molar refractivity (Wildman–Crippen MR) is 294 cm³/mol. The second-order valence-corrected chi connectivity index (χ2v) is 19.3. The van der Waals surface area contributed by atoms with Gasteiger partial charge in [-0.2, -0.15) is 0 Å². The maximum Gasteiger partial charge on any atom is 0.253 e. The number of para-hydroxylation sites is 3. The van der Waals surface area contributed by atoms with Gasteiger partial charge in [-0.3, -0.25) is 44.1 Å². The molecule has 0 aliphatic carbocycles. The molecule has 17 heteroatoms. The van der Waals surface area contributed by atoms with E-state index in [9.17, 15) is 28.8 Å². The van der Waals surface area contributed by atoms with Crippen LogP contribution in [-0.2, 0) is 53.0 Å². The number of ether oxygens (including phenoxy) is 1. The van der Waals surface area contributed by atoms with Crippen LogP contribution in [0.5, 0.6) is 0 Å². The highest BCUT2D eigenvalue weighted by Crippen LogP contribution is 2.41. The summed E-state index contributed by atoms with van der Waals surface area (Å²) in [6, 6.07) is 32.0. The van der Waals surface area contributed by atoms with Gasteiger partial charge in [0.2, 0.25) is 11.8 Å². The summed E-state index contributed by atoms with van der Waals surface area (Å²) in [5, 5.41) is 23.2. The second-order valence-electron chi connectivity index (χ2n) is 19.3. The average molecular weight is 1030 g/mol. The van der Waals surface area contributed by atoms with E-state index in [4.69, 9.17) is 15.1 Å². The number of benzene rings is 4. The first-order chi connectivity index (χ1) is 36.9. The van der Waals surface area contributed by atoms with Crippen molar-refractivity contribution in [2.24, 2.45) is 4.99 Å². The number of aliphatic imine (C=N–C) groups is 1. The number of hydrogen-bond acceptors (Lipinski definition) is 12. The number of nitrogens with zero attached hydrogens (tertiary/aromatic N) is 8. The van der Waals surface area contributed by atoms with Gasteiger partial charge in [0.15, 0.2) is 5.78 Å². The molecule has 6 aromatic rings. The van der Waals surface area contributed by atoms with Crippen LogP contribution in [0.15, 0.2) is 114 Å². The van der Waals surface area contributed by atoms with E-state index >= 15 is 0 Å². The molecule has 0 bridgehead atoms. The number of amides is 4. The quantitative estimate of drug-likeness (QED) is 0.0165. The van der Waals surface area contributed by atoms with Crippen molar-refractivity contribution in [3.63, 3.8) is 0 Å². The fourth-order valence-corrected chi connectivity index (χ4v) is 9.71. The summed E-state index contributed by atoms with van der Waals surface area (Å²) >= 11 is 0. The van der Waals surface area contributed by atoms with E-state index < -0.39 is 11.8 Å². The minimum atomic E-state index is -0.412. The number of nitrogens with one attached hydrogen (secondary N) is 2. The molecule has 2 aliphatic heterocycles. The zero-order valence-corrected chi connectivity index (χ0v) is 43.5. The van der Waals surface area contributed by atoms with E-state index in [1.54, 1.807) is 4.90 Å². The number of rotatable bonds is 27.